The van der Waals surface area contributed by atoms with E-state index in [4.69, 9.17) is 9.15 Å². The number of nitrogens with one attached hydrogen (secondary N) is 1. The van der Waals surface area contributed by atoms with Gasteiger partial charge in [0.15, 0.2) is 0 Å². The minimum Gasteiger partial charge on any atom is -0.473 e. The van der Waals surface area contributed by atoms with Crippen molar-refractivity contribution in [3.05, 3.63) is 34.4 Å². The van der Waals surface area contributed by atoms with Crippen LogP contribution in [0.3, 0.4) is 0 Å². The van der Waals surface area contributed by atoms with Crippen LogP contribution in [0.1, 0.15) is 25.5 Å². The van der Waals surface area contributed by atoms with Crippen molar-refractivity contribution < 1.29 is 9.15 Å². The molecule has 1 aliphatic heterocycles. The van der Waals surface area contributed by atoms with E-state index in [9.17, 15) is 4.79 Å². The maximum Gasteiger partial charge on any atom is 0.297 e. The summed E-state index contributed by atoms with van der Waals surface area (Å²) in [6, 6.07) is 3.69. The third kappa shape index (κ3) is 3.24. The van der Waals surface area contributed by atoms with Crippen LogP contribution in [-0.4, -0.2) is 34.4 Å². The standard InChI is InChI=1S/C14H18N4O3/c1-2-10-9-20-14(15-10)18-7-5-11(6-8-18)21-13-4-3-12(19)16-17-13/h3-4,9,11H,2,5-8H2,1H3,(H,16,19). The Hall–Kier alpha value is -2.31. The number of nitrogens with zero attached hydrogens (tertiary/aromatic N) is 3. The van der Waals surface area contributed by atoms with Gasteiger partial charge in [0.05, 0.1) is 5.69 Å². The predicted molar refractivity (Wildman–Crippen MR) is 76.6 cm³/mol. The molecule has 1 fully saturated rings. The third-order valence-electron chi connectivity index (χ3n) is 3.56. The van der Waals surface area contributed by atoms with Gasteiger partial charge in [-0.25, -0.2) is 5.10 Å². The zero-order chi connectivity index (χ0) is 14.7. The number of oxazole rings is 1. The first kappa shape index (κ1) is 13.7. The fraction of sp³-hybridized carbons (Fsp3) is 0.500. The molecule has 0 aliphatic carbocycles. The van der Waals surface area contributed by atoms with Gasteiger partial charge in [-0.15, -0.1) is 5.10 Å². The van der Waals surface area contributed by atoms with Crippen molar-refractivity contribution in [2.45, 2.75) is 32.3 Å². The van der Waals surface area contributed by atoms with Gasteiger partial charge in [0.25, 0.3) is 11.6 Å². The van der Waals surface area contributed by atoms with Crippen molar-refractivity contribution >= 4 is 6.01 Å². The van der Waals surface area contributed by atoms with Gasteiger partial charge in [-0.2, -0.15) is 4.98 Å². The molecular weight excluding hydrogens is 272 g/mol. The Morgan fingerprint density at radius 1 is 1.43 bits per heavy atom. The van der Waals surface area contributed by atoms with E-state index in [1.807, 2.05) is 0 Å². The molecule has 1 aliphatic rings. The Balaban J connectivity index is 1.55. The highest BCUT2D eigenvalue weighted by Crippen LogP contribution is 2.21. The van der Waals surface area contributed by atoms with Gasteiger partial charge >= 0.3 is 0 Å². The van der Waals surface area contributed by atoms with Crippen LogP contribution >= 0.6 is 0 Å². The van der Waals surface area contributed by atoms with E-state index >= 15 is 0 Å². The van der Waals surface area contributed by atoms with E-state index < -0.39 is 0 Å². The largest absolute Gasteiger partial charge is 0.473 e. The summed E-state index contributed by atoms with van der Waals surface area (Å²) in [4.78, 5) is 17.5. The van der Waals surface area contributed by atoms with E-state index in [1.54, 1.807) is 12.3 Å². The summed E-state index contributed by atoms with van der Waals surface area (Å²) < 4.78 is 11.2. The molecule has 7 nitrogen and oxygen atoms in total. The summed E-state index contributed by atoms with van der Waals surface area (Å²) in [5, 5.41) is 6.23. The van der Waals surface area contributed by atoms with Crippen molar-refractivity contribution in [3.8, 4) is 5.88 Å². The van der Waals surface area contributed by atoms with Crippen molar-refractivity contribution in [3.63, 3.8) is 0 Å². The molecule has 0 spiro atoms. The fourth-order valence-electron chi connectivity index (χ4n) is 2.34. The van der Waals surface area contributed by atoms with E-state index in [1.165, 1.54) is 6.07 Å². The minimum absolute atomic E-state index is 0.0975. The molecule has 0 saturated carbocycles. The lowest BCUT2D eigenvalue weighted by atomic mass is 10.1. The number of aromatic nitrogens is 3. The van der Waals surface area contributed by atoms with Gasteiger partial charge in [0.1, 0.15) is 12.4 Å². The lowest BCUT2D eigenvalue weighted by molar-refractivity contribution is 0.160. The van der Waals surface area contributed by atoms with Crippen LogP contribution in [0.25, 0.3) is 0 Å². The highest BCUT2D eigenvalue weighted by Gasteiger charge is 2.23. The summed E-state index contributed by atoms with van der Waals surface area (Å²) in [6.07, 6.45) is 4.42. The number of ether oxygens (including phenoxy) is 1. The molecule has 0 amide bonds. The summed E-state index contributed by atoms with van der Waals surface area (Å²) in [7, 11) is 0. The lowest BCUT2D eigenvalue weighted by Gasteiger charge is -2.30. The van der Waals surface area contributed by atoms with Crippen LogP contribution in [0.5, 0.6) is 5.88 Å². The second kappa shape index (κ2) is 5.99. The molecule has 0 atom stereocenters. The number of rotatable bonds is 4. The molecule has 21 heavy (non-hydrogen) atoms. The number of hydrogen-bond acceptors (Lipinski definition) is 6. The van der Waals surface area contributed by atoms with Crippen molar-refractivity contribution in [2.24, 2.45) is 0 Å². The monoisotopic (exact) mass is 290 g/mol. The smallest absolute Gasteiger partial charge is 0.297 e. The second-order valence-corrected chi connectivity index (χ2v) is 5.04. The average Bonchev–Trinajstić information content (AvgIpc) is 2.99. The Labute approximate surface area is 121 Å². The Morgan fingerprint density at radius 3 is 2.86 bits per heavy atom. The molecular formula is C14H18N4O3. The highest BCUT2D eigenvalue weighted by molar-refractivity contribution is 5.28. The van der Waals surface area contributed by atoms with Gasteiger partial charge in [0, 0.05) is 38.1 Å². The Bertz CT molecular complexity index is 623. The summed E-state index contributed by atoms with van der Waals surface area (Å²) in [6.45, 7) is 3.72. The molecule has 3 heterocycles. The van der Waals surface area contributed by atoms with Crippen molar-refractivity contribution in [2.75, 3.05) is 18.0 Å². The maximum absolute atomic E-state index is 10.9. The number of hydrogen-bond donors (Lipinski definition) is 1. The molecule has 7 heteroatoms. The van der Waals surface area contributed by atoms with Crippen molar-refractivity contribution in [1.29, 1.82) is 0 Å². The molecule has 1 N–H and O–H groups in total. The number of aryl methyl sites for hydroxylation is 1. The van der Waals surface area contributed by atoms with Gasteiger partial charge in [0.2, 0.25) is 5.88 Å². The molecule has 0 radical (unpaired) electrons. The zero-order valence-electron chi connectivity index (χ0n) is 11.9. The molecule has 0 unspecified atom stereocenters. The lowest BCUT2D eigenvalue weighted by Crippen LogP contribution is -2.38. The zero-order valence-corrected chi connectivity index (χ0v) is 11.9. The first-order valence-electron chi connectivity index (χ1n) is 7.16. The molecule has 112 valence electrons. The van der Waals surface area contributed by atoms with E-state index in [-0.39, 0.29) is 11.7 Å². The molecule has 2 aromatic rings. The third-order valence-corrected chi connectivity index (χ3v) is 3.56. The topological polar surface area (TPSA) is 84.3 Å². The van der Waals surface area contributed by atoms with Gasteiger partial charge < -0.3 is 14.1 Å². The minimum atomic E-state index is -0.229. The summed E-state index contributed by atoms with van der Waals surface area (Å²) in [5.74, 6) is 0.456. The van der Waals surface area contributed by atoms with Crippen LogP contribution in [0, 0.1) is 0 Å². The normalized spacial score (nSPS) is 16.1. The number of H-pyrrole nitrogens is 1. The van der Waals surface area contributed by atoms with E-state index in [0.717, 1.165) is 38.0 Å². The van der Waals surface area contributed by atoms with Crippen LogP contribution in [0.4, 0.5) is 6.01 Å². The maximum atomic E-state index is 10.9. The SMILES string of the molecule is CCc1coc(N2CCC(Oc3ccc(=O)[nH]n3)CC2)n1. The summed E-state index contributed by atoms with van der Waals surface area (Å²) >= 11 is 0. The molecule has 0 aromatic carbocycles. The average molecular weight is 290 g/mol. The van der Waals surface area contributed by atoms with Crippen LogP contribution in [-0.2, 0) is 6.42 Å². The van der Waals surface area contributed by atoms with Gasteiger partial charge in [-0.05, 0) is 6.42 Å². The van der Waals surface area contributed by atoms with Gasteiger partial charge in [-0.3, -0.25) is 4.79 Å². The van der Waals surface area contributed by atoms with Gasteiger partial charge in [-0.1, -0.05) is 6.92 Å². The van der Waals surface area contributed by atoms with E-state index in [2.05, 4.69) is 27.0 Å². The molecule has 3 rings (SSSR count). The number of anilines is 1. The van der Waals surface area contributed by atoms with Crippen LogP contribution in [0.15, 0.2) is 27.6 Å². The molecule has 1 saturated heterocycles. The first-order chi connectivity index (χ1) is 10.2. The Morgan fingerprint density at radius 2 is 2.24 bits per heavy atom. The number of aromatic amines is 1. The summed E-state index contributed by atoms with van der Waals surface area (Å²) in [5.41, 5.74) is 0.744. The molecule has 2 aromatic heterocycles. The van der Waals surface area contributed by atoms with Crippen LogP contribution < -0.4 is 15.2 Å². The fourth-order valence-corrected chi connectivity index (χ4v) is 2.34. The first-order valence-corrected chi connectivity index (χ1v) is 7.16. The second-order valence-electron chi connectivity index (χ2n) is 5.04. The van der Waals surface area contributed by atoms with Crippen molar-refractivity contribution in [1.82, 2.24) is 15.2 Å². The Kier molecular flexibility index (Phi) is 3.89. The van der Waals surface area contributed by atoms with E-state index in [0.29, 0.717) is 11.9 Å². The quantitative estimate of drug-likeness (QED) is 0.915. The predicted octanol–water partition coefficient (Wildman–Crippen LogP) is 1.37. The number of piperidine rings is 1. The van der Waals surface area contributed by atoms with Crippen LogP contribution in [0.2, 0.25) is 0 Å². The highest BCUT2D eigenvalue weighted by atomic mass is 16.5. The molecule has 0 bridgehead atoms.